The molecule has 2 unspecified atom stereocenters. The van der Waals surface area contributed by atoms with Gasteiger partial charge in [-0.2, -0.15) is 0 Å². The lowest BCUT2D eigenvalue weighted by molar-refractivity contribution is -0.298. The molecule has 0 aromatic carbocycles. The van der Waals surface area contributed by atoms with Gasteiger partial charge in [-0.05, 0) is 0 Å². The van der Waals surface area contributed by atoms with Crippen molar-refractivity contribution in [1.29, 1.82) is 0 Å². The van der Waals surface area contributed by atoms with Crippen LogP contribution in [0.2, 0.25) is 0 Å². The van der Waals surface area contributed by atoms with Crippen molar-refractivity contribution in [2.75, 3.05) is 13.2 Å². The average molecular weight is 220 g/mol. The molecule has 15 heavy (non-hydrogen) atoms. The van der Waals surface area contributed by atoms with Crippen molar-refractivity contribution in [1.82, 2.24) is 0 Å². The topological polar surface area (TPSA) is 99.4 Å². The van der Waals surface area contributed by atoms with E-state index in [-0.39, 0.29) is 6.61 Å². The van der Waals surface area contributed by atoms with Crippen molar-refractivity contribution in [3.63, 3.8) is 0 Å². The van der Waals surface area contributed by atoms with E-state index in [4.69, 9.17) is 14.6 Å². The molecule has 1 heterocycles. The second-order valence-corrected chi connectivity index (χ2v) is 3.32. The Balaban J connectivity index is 2.60. The van der Waals surface area contributed by atoms with Crippen molar-refractivity contribution in [3.05, 3.63) is 12.7 Å². The summed E-state index contributed by atoms with van der Waals surface area (Å²) in [6, 6.07) is 0. The van der Waals surface area contributed by atoms with E-state index in [1.807, 2.05) is 0 Å². The molecule has 1 aliphatic heterocycles. The van der Waals surface area contributed by atoms with Crippen LogP contribution in [0.1, 0.15) is 0 Å². The summed E-state index contributed by atoms with van der Waals surface area (Å²) < 4.78 is 10.1. The molecule has 0 amide bonds. The molecule has 1 aliphatic rings. The molecule has 88 valence electrons. The Kier molecular flexibility index (Phi) is 4.65. The Morgan fingerprint density at radius 1 is 1.20 bits per heavy atom. The van der Waals surface area contributed by atoms with Gasteiger partial charge in [0.15, 0.2) is 6.29 Å². The van der Waals surface area contributed by atoms with Gasteiger partial charge in [-0.3, -0.25) is 0 Å². The summed E-state index contributed by atoms with van der Waals surface area (Å²) in [5.41, 5.74) is 0. The quantitative estimate of drug-likeness (QED) is 0.408. The summed E-state index contributed by atoms with van der Waals surface area (Å²) in [6.45, 7) is 3.10. The number of rotatable bonds is 4. The number of aliphatic hydroxyl groups is 4. The van der Waals surface area contributed by atoms with Gasteiger partial charge in [0.1, 0.15) is 24.4 Å². The monoisotopic (exact) mass is 220 g/mol. The number of ether oxygens (including phenoxy) is 2. The normalized spacial score (nSPS) is 41.5. The van der Waals surface area contributed by atoms with Crippen LogP contribution in [0.4, 0.5) is 0 Å². The fourth-order valence-corrected chi connectivity index (χ4v) is 1.37. The van der Waals surface area contributed by atoms with Gasteiger partial charge in [0.25, 0.3) is 0 Å². The molecular weight excluding hydrogens is 204 g/mol. The highest BCUT2D eigenvalue weighted by atomic mass is 16.7. The highest BCUT2D eigenvalue weighted by Crippen LogP contribution is 2.21. The predicted octanol–water partition coefficient (Wildman–Crippen LogP) is -2.01. The molecule has 0 bridgehead atoms. The van der Waals surface area contributed by atoms with Gasteiger partial charge in [-0.15, -0.1) is 6.58 Å². The van der Waals surface area contributed by atoms with Gasteiger partial charge in [0.2, 0.25) is 0 Å². The molecular formula is C9H16O6. The molecule has 0 spiro atoms. The zero-order valence-corrected chi connectivity index (χ0v) is 8.19. The number of aliphatic hydroxyl groups excluding tert-OH is 4. The standard InChI is InChI=1S/C9H16O6/c1-2-3-14-9-8(13)7(12)6(11)5(4-10)15-9/h2,5-13H,1,3-4H2/t5?,6-,7+,8?,9+/m1/s1. The van der Waals surface area contributed by atoms with Crippen LogP contribution < -0.4 is 0 Å². The Hall–Kier alpha value is -0.500. The third-order valence-corrected chi connectivity index (χ3v) is 2.23. The van der Waals surface area contributed by atoms with E-state index < -0.39 is 37.3 Å². The van der Waals surface area contributed by atoms with Crippen LogP contribution in [0.15, 0.2) is 12.7 Å². The Labute approximate surface area is 87.4 Å². The fraction of sp³-hybridized carbons (Fsp3) is 0.778. The van der Waals surface area contributed by atoms with Crippen LogP contribution in [-0.4, -0.2) is 64.3 Å². The molecule has 0 aromatic rings. The molecule has 6 nitrogen and oxygen atoms in total. The van der Waals surface area contributed by atoms with Crippen molar-refractivity contribution in [2.24, 2.45) is 0 Å². The van der Waals surface area contributed by atoms with Crippen LogP contribution in [0.5, 0.6) is 0 Å². The summed E-state index contributed by atoms with van der Waals surface area (Å²) in [5, 5.41) is 37.1. The van der Waals surface area contributed by atoms with Gasteiger partial charge in [-0.1, -0.05) is 6.08 Å². The zero-order valence-electron chi connectivity index (χ0n) is 8.19. The van der Waals surface area contributed by atoms with Crippen molar-refractivity contribution in [3.8, 4) is 0 Å². The first kappa shape index (κ1) is 12.6. The van der Waals surface area contributed by atoms with Crippen LogP contribution in [-0.2, 0) is 9.47 Å². The summed E-state index contributed by atoms with van der Waals surface area (Å²) >= 11 is 0. The number of hydrogen-bond donors (Lipinski definition) is 4. The lowest BCUT2D eigenvalue weighted by Crippen LogP contribution is -2.59. The Morgan fingerprint density at radius 2 is 1.87 bits per heavy atom. The minimum Gasteiger partial charge on any atom is -0.394 e. The largest absolute Gasteiger partial charge is 0.394 e. The maximum absolute atomic E-state index is 9.47. The Bertz CT molecular complexity index is 207. The average Bonchev–Trinajstić information content (AvgIpc) is 2.25. The smallest absolute Gasteiger partial charge is 0.187 e. The second-order valence-electron chi connectivity index (χ2n) is 3.32. The molecule has 6 heteroatoms. The maximum Gasteiger partial charge on any atom is 0.187 e. The summed E-state index contributed by atoms with van der Waals surface area (Å²) in [6.07, 6.45) is -4.64. The molecule has 5 atom stereocenters. The van der Waals surface area contributed by atoms with E-state index in [9.17, 15) is 15.3 Å². The van der Waals surface area contributed by atoms with E-state index in [1.165, 1.54) is 6.08 Å². The van der Waals surface area contributed by atoms with Crippen molar-refractivity contribution >= 4 is 0 Å². The van der Waals surface area contributed by atoms with Gasteiger partial charge in [0, 0.05) is 0 Å². The zero-order chi connectivity index (χ0) is 11.4. The van der Waals surface area contributed by atoms with Gasteiger partial charge in [-0.25, -0.2) is 0 Å². The van der Waals surface area contributed by atoms with Crippen LogP contribution in [0.3, 0.4) is 0 Å². The molecule has 0 saturated carbocycles. The summed E-state index contributed by atoms with van der Waals surface area (Å²) in [5.74, 6) is 0. The van der Waals surface area contributed by atoms with Crippen LogP contribution in [0.25, 0.3) is 0 Å². The lowest BCUT2D eigenvalue weighted by Gasteiger charge is -2.39. The molecule has 0 aliphatic carbocycles. The fourth-order valence-electron chi connectivity index (χ4n) is 1.37. The first-order valence-corrected chi connectivity index (χ1v) is 4.64. The minimum atomic E-state index is -1.40. The summed E-state index contributed by atoms with van der Waals surface area (Å²) in [7, 11) is 0. The van der Waals surface area contributed by atoms with Crippen LogP contribution in [0, 0.1) is 0 Å². The van der Waals surface area contributed by atoms with Gasteiger partial charge < -0.3 is 29.9 Å². The van der Waals surface area contributed by atoms with Crippen molar-refractivity contribution in [2.45, 2.75) is 30.7 Å². The molecule has 1 rings (SSSR count). The van der Waals surface area contributed by atoms with E-state index >= 15 is 0 Å². The second kappa shape index (κ2) is 5.55. The molecule has 4 N–H and O–H groups in total. The first-order valence-electron chi connectivity index (χ1n) is 4.64. The van der Waals surface area contributed by atoms with Gasteiger partial charge in [0.05, 0.1) is 13.2 Å². The van der Waals surface area contributed by atoms with E-state index in [0.29, 0.717) is 0 Å². The van der Waals surface area contributed by atoms with Gasteiger partial charge >= 0.3 is 0 Å². The van der Waals surface area contributed by atoms with Crippen LogP contribution >= 0.6 is 0 Å². The maximum atomic E-state index is 9.47. The number of hydrogen-bond acceptors (Lipinski definition) is 6. The molecule has 1 saturated heterocycles. The summed E-state index contributed by atoms with van der Waals surface area (Å²) in [4.78, 5) is 0. The molecule has 0 aromatic heterocycles. The van der Waals surface area contributed by atoms with E-state index in [2.05, 4.69) is 6.58 Å². The molecule has 0 radical (unpaired) electrons. The predicted molar refractivity (Wildman–Crippen MR) is 49.9 cm³/mol. The Morgan fingerprint density at radius 3 is 2.40 bits per heavy atom. The van der Waals surface area contributed by atoms with Crippen molar-refractivity contribution < 1.29 is 29.9 Å². The first-order chi connectivity index (χ1) is 7.11. The third-order valence-electron chi connectivity index (χ3n) is 2.23. The third kappa shape index (κ3) is 2.75. The molecule has 1 fully saturated rings. The highest BCUT2D eigenvalue weighted by Gasteiger charge is 2.43. The lowest BCUT2D eigenvalue weighted by atomic mass is 9.99. The highest BCUT2D eigenvalue weighted by molar-refractivity contribution is 4.89. The van der Waals surface area contributed by atoms with E-state index in [0.717, 1.165) is 0 Å². The minimum absolute atomic E-state index is 0.142. The SMILES string of the molecule is C=CCO[C@H]1OC(CO)[C@@H](O)[C@H](O)C1O. The van der Waals surface area contributed by atoms with E-state index in [1.54, 1.807) is 0 Å².